The van der Waals surface area contributed by atoms with Crippen LogP contribution in [-0.4, -0.2) is 32.2 Å². The molecular weight excluding hydrogens is 464 g/mol. The molecule has 8 heteroatoms. The summed E-state index contributed by atoms with van der Waals surface area (Å²) in [6, 6.07) is 15.0. The number of aryl methyl sites for hydroxylation is 1. The summed E-state index contributed by atoms with van der Waals surface area (Å²) in [6.45, 7) is 2.86. The molecule has 0 bridgehead atoms. The summed E-state index contributed by atoms with van der Waals surface area (Å²) in [7, 11) is 0. The maximum atomic E-state index is 12.4. The summed E-state index contributed by atoms with van der Waals surface area (Å²) in [5.41, 5.74) is -0.524. The van der Waals surface area contributed by atoms with Gasteiger partial charge in [0.15, 0.2) is 23.0 Å². The molecule has 4 rings (SSSR count). The first kappa shape index (κ1) is 24.2. The minimum absolute atomic E-state index is 0.0130. The Morgan fingerprint density at radius 3 is 1.89 bits per heavy atom. The van der Waals surface area contributed by atoms with E-state index in [0.717, 1.165) is 18.2 Å². The number of fused-ring (bicyclic) bond motifs is 1. The number of Topliss-reactive ketones (excluding diaryl/α,β-unsaturated/α-hetero) is 1. The van der Waals surface area contributed by atoms with E-state index >= 15 is 0 Å². The number of carboxylic acids is 1. The molecule has 4 aromatic rings. The van der Waals surface area contributed by atoms with E-state index in [0.29, 0.717) is 33.0 Å². The van der Waals surface area contributed by atoms with Gasteiger partial charge in [0.25, 0.3) is 5.43 Å². The van der Waals surface area contributed by atoms with Crippen LogP contribution >= 0.6 is 0 Å². The van der Waals surface area contributed by atoms with Gasteiger partial charge in [0.2, 0.25) is 5.43 Å². The molecule has 8 nitrogen and oxygen atoms in total. The Morgan fingerprint density at radius 2 is 1.28 bits per heavy atom. The summed E-state index contributed by atoms with van der Waals surface area (Å²) >= 11 is 0. The molecule has 0 aliphatic rings. The molecular formula is C28H20O8. The van der Waals surface area contributed by atoms with E-state index in [1.54, 1.807) is 43.3 Å². The second-order valence-electron chi connectivity index (χ2n) is 8.34. The Balaban J connectivity index is 1.92. The van der Waals surface area contributed by atoms with E-state index in [4.69, 9.17) is 0 Å². The molecule has 0 aliphatic heterocycles. The van der Waals surface area contributed by atoms with E-state index in [-0.39, 0.29) is 11.1 Å². The number of aromatic carboxylic acids is 1. The van der Waals surface area contributed by atoms with Crippen molar-refractivity contribution in [3.63, 3.8) is 0 Å². The maximum Gasteiger partial charge on any atom is 0.339 e. The second-order valence-corrected chi connectivity index (χ2v) is 8.34. The Labute approximate surface area is 204 Å². The van der Waals surface area contributed by atoms with Gasteiger partial charge in [-0.25, -0.2) is 4.79 Å². The number of benzene rings is 2. The Kier molecular flexibility index (Phi) is 6.03. The lowest BCUT2D eigenvalue weighted by Crippen LogP contribution is -2.02. The number of hydrogen-bond donors (Lipinski definition) is 4. The molecule has 0 radical (unpaired) electrons. The molecule has 0 unspecified atom stereocenters. The third-order valence-electron chi connectivity index (χ3n) is 5.93. The maximum absolute atomic E-state index is 12.4. The van der Waals surface area contributed by atoms with E-state index < -0.39 is 45.4 Å². The van der Waals surface area contributed by atoms with Gasteiger partial charge in [0.05, 0.1) is 0 Å². The van der Waals surface area contributed by atoms with Crippen molar-refractivity contribution in [1.82, 2.24) is 0 Å². The molecule has 0 saturated carbocycles. The minimum Gasteiger partial charge on any atom is -0.504 e. The molecule has 0 aromatic heterocycles. The van der Waals surface area contributed by atoms with Crippen LogP contribution < -0.4 is 10.9 Å². The number of ketones is 1. The van der Waals surface area contributed by atoms with Crippen LogP contribution in [0.2, 0.25) is 0 Å². The average molecular weight is 484 g/mol. The van der Waals surface area contributed by atoms with E-state index in [1.807, 2.05) is 0 Å². The summed E-state index contributed by atoms with van der Waals surface area (Å²) in [4.78, 5) is 48.3. The second kappa shape index (κ2) is 8.99. The van der Waals surface area contributed by atoms with Gasteiger partial charge in [-0.3, -0.25) is 14.4 Å². The van der Waals surface area contributed by atoms with Crippen molar-refractivity contribution < 1.29 is 30.0 Å². The molecule has 0 heterocycles. The zero-order valence-corrected chi connectivity index (χ0v) is 19.2. The van der Waals surface area contributed by atoms with Crippen LogP contribution in [0.4, 0.5) is 0 Å². The molecule has 0 spiro atoms. The van der Waals surface area contributed by atoms with Crippen molar-refractivity contribution in [3.05, 3.63) is 97.8 Å². The summed E-state index contributed by atoms with van der Waals surface area (Å²) in [5, 5.41) is 41.1. The number of carbonyl (C=O) groups excluding carboxylic acids is 1. The molecule has 4 aromatic carbocycles. The average Bonchev–Trinajstić information content (AvgIpc) is 3.03. The van der Waals surface area contributed by atoms with Gasteiger partial charge < -0.3 is 20.4 Å². The number of hydrogen-bond acceptors (Lipinski definition) is 7. The summed E-state index contributed by atoms with van der Waals surface area (Å²) in [5.74, 6) is -4.08. The smallest absolute Gasteiger partial charge is 0.339 e. The molecule has 0 aliphatic carbocycles. The molecule has 180 valence electrons. The normalized spacial score (nSPS) is 10.8. The topological polar surface area (TPSA) is 149 Å². The highest BCUT2D eigenvalue weighted by Gasteiger charge is 2.20. The minimum atomic E-state index is -1.43. The number of aromatic hydroxyl groups is 3. The first-order valence-corrected chi connectivity index (χ1v) is 10.8. The Morgan fingerprint density at radius 1 is 0.722 bits per heavy atom. The van der Waals surface area contributed by atoms with Crippen LogP contribution in [0, 0.1) is 6.92 Å². The fourth-order valence-electron chi connectivity index (χ4n) is 4.20. The van der Waals surface area contributed by atoms with Gasteiger partial charge in [0.1, 0.15) is 5.56 Å². The predicted octanol–water partition coefficient (Wildman–Crippen LogP) is 4.22. The van der Waals surface area contributed by atoms with Crippen LogP contribution in [0.15, 0.2) is 70.3 Å². The Bertz CT molecular complexity index is 1720. The quantitative estimate of drug-likeness (QED) is 0.315. The molecule has 0 atom stereocenters. The molecule has 0 saturated heterocycles. The largest absolute Gasteiger partial charge is 0.504 e. The highest BCUT2D eigenvalue weighted by atomic mass is 16.4. The van der Waals surface area contributed by atoms with Crippen LogP contribution in [0.1, 0.15) is 33.2 Å². The molecule has 0 fully saturated rings. The highest BCUT2D eigenvalue weighted by molar-refractivity contribution is 6.04. The fourth-order valence-corrected chi connectivity index (χ4v) is 4.20. The van der Waals surface area contributed by atoms with Crippen molar-refractivity contribution in [2.45, 2.75) is 13.8 Å². The first-order chi connectivity index (χ1) is 17.0. The van der Waals surface area contributed by atoms with Crippen molar-refractivity contribution in [3.8, 4) is 39.5 Å². The van der Waals surface area contributed by atoms with Gasteiger partial charge in [-0.05, 0) is 77.2 Å². The van der Waals surface area contributed by atoms with Gasteiger partial charge >= 0.3 is 5.97 Å². The summed E-state index contributed by atoms with van der Waals surface area (Å²) in [6.07, 6.45) is 0. The van der Waals surface area contributed by atoms with Crippen molar-refractivity contribution in [2.24, 2.45) is 0 Å². The number of rotatable bonds is 4. The van der Waals surface area contributed by atoms with Crippen molar-refractivity contribution in [2.75, 3.05) is 0 Å². The van der Waals surface area contributed by atoms with E-state index in [9.17, 15) is 39.6 Å². The van der Waals surface area contributed by atoms with Gasteiger partial charge in [-0.1, -0.05) is 30.3 Å². The van der Waals surface area contributed by atoms with Crippen LogP contribution in [0.5, 0.6) is 17.2 Å². The lowest BCUT2D eigenvalue weighted by atomic mass is 9.93. The van der Waals surface area contributed by atoms with E-state index in [1.165, 1.54) is 13.0 Å². The lowest BCUT2D eigenvalue weighted by molar-refractivity contribution is 0.0693. The highest BCUT2D eigenvalue weighted by Crippen LogP contribution is 2.35. The third-order valence-corrected chi connectivity index (χ3v) is 5.93. The van der Waals surface area contributed by atoms with Crippen LogP contribution in [0.25, 0.3) is 33.0 Å². The molecule has 36 heavy (non-hydrogen) atoms. The fraction of sp³-hybridized carbons (Fsp3) is 0.0714. The number of carbonyl (C=O) groups is 2. The van der Waals surface area contributed by atoms with Crippen LogP contribution in [-0.2, 0) is 0 Å². The zero-order valence-electron chi connectivity index (χ0n) is 19.2. The van der Waals surface area contributed by atoms with Crippen LogP contribution in [0.3, 0.4) is 0 Å². The summed E-state index contributed by atoms with van der Waals surface area (Å²) < 4.78 is 0. The Hall–Kier alpha value is -4.98. The third kappa shape index (κ3) is 4.16. The SMILES string of the molecule is CC(=O)c1c(C)cc(O)c(=O)c(O)c1-c1ccc2cc(-c3ccc(C(=O)O)c(O)c(=O)c3)ccc2c1. The van der Waals surface area contributed by atoms with Crippen molar-refractivity contribution in [1.29, 1.82) is 0 Å². The first-order valence-electron chi connectivity index (χ1n) is 10.8. The molecule has 4 N–H and O–H groups in total. The number of carboxylic acid groups (broad SMARTS) is 1. The predicted molar refractivity (Wildman–Crippen MR) is 134 cm³/mol. The molecule has 0 amide bonds. The van der Waals surface area contributed by atoms with Gasteiger partial charge in [-0.2, -0.15) is 0 Å². The lowest BCUT2D eigenvalue weighted by Gasteiger charge is -2.10. The zero-order chi connectivity index (χ0) is 26.3. The van der Waals surface area contributed by atoms with E-state index in [2.05, 4.69) is 0 Å². The van der Waals surface area contributed by atoms with Gasteiger partial charge in [0, 0.05) is 11.1 Å². The van der Waals surface area contributed by atoms with Crippen molar-refractivity contribution >= 4 is 22.5 Å². The van der Waals surface area contributed by atoms with Gasteiger partial charge in [-0.15, -0.1) is 0 Å². The standard InChI is InChI=1S/C28H20O8/c1-13-9-21(30)26(33)27(34)24(23(13)14(2)29)19-6-5-15-10-16(3-4-17(15)11-19)18-7-8-20(28(35)36)25(32)22(31)12-18/h3-12H,1-2H3,(H,31,32)(H,35,36)(H2,30,33,34). The monoisotopic (exact) mass is 484 g/mol.